The maximum Gasteiger partial charge on any atom is 0.317 e. The fourth-order valence-corrected chi connectivity index (χ4v) is 2.99. The van der Waals surface area contributed by atoms with Gasteiger partial charge in [0.05, 0.1) is 6.04 Å². The highest BCUT2D eigenvalue weighted by atomic mass is 35.5. The van der Waals surface area contributed by atoms with Crippen LogP contribution in [-0.4, -0.2) is 54.3 Å². The van der Waals surface area contributed by atoms with Gasteiger partial charge in [-0.25, -0.2) is 4.79 Å². The van der Waals surface area contributed by atoms with Gasteiger partial charge in [0.2, 0.25) is 5.91 Å². The molecule has 1 N–H and O–H groups in total. The van der Waals surface area contributed by atoms with Gasteiger partial charge in [-0.15, -0.1) is 23.2 Å². The van der Waals surface area contributed by atoms with Crippen molar-refractivity contribution in [3.05, 3.63) is 29.3 Å². The molecule has 1 aromatic carbocycles. The summed E-state index contributed by atoms with van der Waals surface area (Å²) in [5.41, 5.74) is 0.773. The van der Waals surface area contributed by atoms with Crippen molar-refractivity contribution in [3.63, 3.8) is 0 Å². The molecule has 2 rings (SSSR count). The molecule has 126 valence electrons. The highest BCUT2D eigenvalue weighted by Crippen LogP contribution is 2.23. The van der Waals surface area contributed by atoms with Gasteiger partial charge in [0.1, 0.15) is 0 Å². The summed E-state index contributed by atoms with van der Waals surface area (Å²) in [6.07, 6.45) is 0.268. The van der Waals surface area contributed by atoms with Crippen LogP contribution < -0.4 is 10.2 Å². The number of anilines is 1. The number of nitrogens with one attached hydrogen (secondary N) is 1. The van der Waals surface area contributed by atoms with E-state index < -0.39 is 0 Å². The Kier molecular flexibility index (Phi) is 6.81. The summed E-state index contributed by atoms with van der Waals surface area (Å²) in [5.74, 6) is 0.647. The van der Waals surface area contributed by atoms with Gasteiger partial charge >= 0.3 is 6.03 Å². The van der Waals surface area contributed by atoms with Gasteiger partial charge in [-0.05, 0) is 24.3 Å². The lowest BCUT2D eigenvalue weighted by atomic mass is 10.2. The summed E-state index contributed by atoms with van der Waals surface area (Å²) in [7, 11) is 0. The summed E-state index contributed by atoms with van der Waals surface area (Å²) in [4.78, 5) is 27.6. The number of alkyl halides is 2. The largest absolute Gasteiger partial charge is 0.333 e. The molecule has 5 nitrogen and oxygen atoms in total. The molecule has 3 amide bonds. The van der Waals surface area contributed by atoms with Gasteiger partial charge in [0.15, 0.2) is 0 Å². The van der Waals surface area contributed by atoms with Crippen molar-refractivity contribution in [2.24, 2.45) is 0 Å². The SMILES string of the molecule is O=C(N[C@@H]1CC(=O)N(c2ccc(Cl)cc2)C1)N(CCCl)CCCl. The molecule has 0 aliphatic carbocycles. The Hall–Kier alpha value is -1.17. The number of nitrogens with zero attached hydrogens (tertiary/aromatic N) is 2. The average molecular weight is 379 g/mol. The third kappa shape index (κ3) is 4.90. The van der Waals surface area contributed by atoms with Crippen molar-refractivity contribution in [1.29, 1.82) is 0 Å². The molecule has 0 radical (unpaired) electrons. The normalized spacial score (nSPS) is 17.4. The van der Waals surface area contributed by atoms with Gasteiger partial charge in [-0.3, -0.25) is 4.79 Å². The lowest BCUT2D eigenvalue weighted by Crippen LogP contribution is -2.47. The van der Waals surface area contributed by atoms with E-state index in [4.69, 9.17) is 34.8 Å². The molecular weight excluding hydrogens is 361 g/mol. The molecule has 1 saturated heterocycles. The number of urea groups is 1. The number of rotatable bonds is 6. The molecule has 0 bridgehead atoms. The van der Waals surface area contributed by atoms with E-state index in [2.05, 4.69) is 5.32 Å². The summed E-state index contributed by atoms with van der Waals surface area (Å²) >= 11 is 17.2. The van der Waals surface area contributed by atoms with E-state index in [1.807, 2.05) is 0 Å². The second kappa shape index (κ2) is 8.62. The van der Waals surface area contributed by atoms with Crippen LogP contribution in [0.3, 0.4) is 0 Å². The molecule has 8 heteroatoms. The van der Waals surface area contributed by atoms with Crippen molar-refractivity contribution < 1.29 is 9.59 Å². The number of hydrogen-bond donors (Lipinski definition) is 1. The molecule has 1 aliphatic rings. The van der Waals surface area contributed by atoms with E-state index in [0.29, 0.717) is 36.4 Å². The average Bonchev–Trinajstić information content (AvgIpc) is 2.88. The van der Waals surface area contributed by atoms with Crippen molar-refractivity contribution in [2.45, 2.75) is 12.5 Å². The van der Waals surface area contributed by atoms with E-state index in [-0.39, 0.29) is 24.4 Å². The maximum absolute atomic E-state index is 12.2. The Morgan fingerprint density at radius 1 is 1.22 bits per heavy atom. The third-order valence-corrected chi connectivity index (χ3v) is 4.18. The van der Waals surface area contributed by atoms with Crippen molar-refractivity contribution in [2.75, 3.05) is 36.3 Å². The van der Waals surface area contributed by atoms with E-state index >= 15 is 0 Å². The Morgan fingerprint density at radius 2 is 1.83 bits per heavy atom. The Bertz CT molecular complexity index is 547. The molecule has 1 aliphatic heterocycles. The van der Waals surface area contributed by atoms with Crippen molar-refractivity contribution >= 4 is 52.4 Å². The van der Waals surface area contributed by atoms with E-state index in [1.54, 1.807) is 34.1 Å². The first kappa shape index (κ1) is 18.2. The third-order valence-electron chi connectivity index (χ3n) is 3.59. The smallest absolute Gasteiger partial charge is 0.317 e. The van der Waals surface area contributed by atoms with Crippen LogP contribution in [0.4, 0.5) is 10.5 Å². The second-order valence-corrected chi connectivity index (χ2v) is 6.39. The Balaban J connectivity index is 1.96. The lowest BCUT2D eigenvalue weighted by Gasteiger charge is -2.23. The number of carbonyl (C=O) groups excluding carboxylic acids is 2. The predicted molar refractivity (Wildman–Crippen MR) is 93.8 cm³/mol. The zero-order valence-electron chi connectivity index (χ0n) is 12.5. The second-order valence-electron chi connectivity index (χ2n) is 5.20. The van der Waals surface area contributed by atoms with E-state index in [9.17, 15) is 9.59 Å². The fraction of sp³-hybridized carbons (Fsp3) is 0.467. The monoisotopic (exact) mass is 377 g/mol. The van der Waals surface area contributed by atoms with Gasteiger partial charge in [-0.1, -0.05) is 11.6 Å². The quantitative estimate of drug-likeness (QED) is 0.774. The van der Waals surface area contributed by atoms with Crippen LogP contribution in [0.25, 0.3) is 0 Å². The van der Waals surface area contributed by atoms with Crippen LogP contribution in [0.15, 0.2) is 24.3 Å². The molecule has 23 heavy (non-hydrogen) atoms. The van der Waals surface area contributed by atoms with Crippen LogP contribution in [0.2, 0.25) is 5.02 Å². The lowest BCUT2D eigenvalue weighted by molar-refractivity contribution is -0.117. The topological polar surface area (TPSA) is 52.7 Å². The van der Waals surface area contributed by atoms with Crippen LogP contribution in [0.5, 0.6) is 0 Å². The van der Waals surface area contributed by atoms with Crippen LogP contribution >= 0.6 is 34.8 Å². The summed E-state index contributed by atoms with van der Waals surface area (Å²) in [6, 6.07) is 6.56. The first-order valence-corrected chi connectivity index (χ1v) is 8.73. The van der Waals surface area contributed by atoms with Crippen LogP contribution in [0, 0.1) is 0 Å². The first-order valence-electron chi connectivity index (χ1n) is 7.28. The predicted octanol–water partition coefficient (Wildman–Crippen LogP) is 2.93. The summed E-state index contributed by atoms with van der Waals surface area (Å²) in [5, 5.41) is 3.49. The van der Waals surface area contributed by atoms with E-state index in [1.165, 1.54) is 0 Å². The molecule has 1 heterocycles. The van der Waals surface area contributed by atoms with Gasteiger partial charge in [0, 0.05) is 48.5 Å². The minimum atomic E-state index is -0.248. The molecule has 0 unspecified atom stereocenters. The fourth-order valence-electron chi connectivity index (χ4n) is 2.46. The number of amides is 3. The minimum absolute atomic E-state index is 0.0288. The number of carbonyl (C=O) groups is 2. The van der Waals surface area contributed by atoms with Gasteiger partial charge in [0.25, 0.3) is 0 Å². The zero-order chi connectivity index (χ0) is 16.8. The Labute approximate surface area is 150 Å². The van der Waals surface area contributed by atoms with Crippen LogP contribution in [0.1, 0.15) is 6.42 Å². The molecule has 1 aromatic rings. The number of benzene rings is 1. The highest BCUT2D eigenvalue weighted by Gasteiger charge is 2.32. The molecule has 1 fully saturated rings. The zero-order valence-corrected chi connectivity index (χ0v) is 14.7. The van der Waals surface area contributed by atoms with Crippen LogP contribution in [-0.2, 0) is 4.79 Å². The standard InChI is InChI=1S/C15H18Cl3N3O2/c16-5-7-20(8-6-17)15(23)19-12-9-14(22)21(10-12)13-3-1-11(18)2-4-13/h1-4,12H,5-10H2,(H,19,23)/t12-/m1/s1. The molecule has 0 spiro atoms. The van der Waals surface area contributed by atoms with E-state index in [0.717, 1.165) is 5.69 Å². The molecular formula is C15H18Cl3N3O2. The summed E-state index contributed by atoms with van der Waals surface area (Å²) < 4.78 is 0. The highest BCUT2D eigenvalue weighted by molar-refractivity contribution is 6.30. The minimum Gasteiger partial charge on any atom is -0.333 e. The van der Waals surface area contributed by atoms with Crippen molar-refractivity contribution in [3.8, 4) is 0 Å². The summed E-state index contributed by atoms with van der Waals surface area (Å²) in [6.45, 7) is 1.27. The number of halogens is 3. The molecule has 1 atom stereocenters. The van der Waals surface area contributed by atoms with Crippen molar-refractivity contribution in [1.82, 2.24) is 10.2 Å². The molecule has 0 aromatic heterocycles. The first-order chi connectivity index (χ1) is 11.0. The maximum atomic E-state index is 12.2. The van der Waals surface area contributed by atoms with Gasteiger partial charge < -0.3 is 15.1 Å². The molecule has 0 saturated carbocycles. The number of hydrogen-bond acceptors (Lipinski definition) is 2. The van der Waals surface area contributed by atoms with Gasteiger partial charge in [-0.2, -0.15) is 0 Å². The Morgan fingerprint density at radius 3 is 2.39 bits per heavy atom.